The zero-order valence-corrected chi connectivity index (χ0v) is 19.0. The molecule has 1 aliphatic rings. The van der Waals surface area contributed by atoms with Gasteiger partial charge in [-0.2, -0.15) is 0 Å². The van der Waals surface area contributed by atoms with Crippen LogP contribution in [0.5, 0.6) is 0 Å². The van der Waals surface area contributed by atoms with E-state index in [1.54, 1.807) is 0 Å². The van der Waals surface area contributed by atoms with Gasteiger partial charge in [0.25, 0.3) is 0 Å². The molecule has 1 aliphatic carbocycles. The highest BCUT2D eigenvalue weighted by molar-refractivity contribution is 8.47. The Labute approximate surface area is 163 Å². The monoisotopic (exact) mass is 410 g/mol. The number of thiocarbonyl (C=S) groups is 1. The molecule has 0 radical (unpaired) electrons. The van der Waals surface area contributed by atoms with Gasteiger partial charge in [0.2, 0.25) is 0 Å². The van der Waals surface area contributed by atoms with E-state index in [9.17, 15) is 0 Å². The van der Waals surface area contributed by atoms with Crippen LogP contribution in [0.15, 0.2) is 0 Å². The van der Waals surface area contributed by atoms with Crippen LogP contribution in [0.25, 0.3) is 0 Å². The van der Waals surface area contributed by atoms with Gasteiger partial charge in [0.15, 0.2) is 0 Å². The van der Waals surface area contributed by atoms with Crippen molar-refractivity contribution in [2.45, 2.75) is 65.3 Å². The van der Waals surface area contributed by atoms with Gasteiger partial charge in [0, 0.05) is 31.6 Å². The van der Waals surface area contributed by atoms with Crippen molar-refractivity contribution in [3.63, 3.8) is 0 Å². The molecule has 1 saturated carbocycles. The summed E-state index contributed by atoms with van der Waals surface area (Å²) in [6, 6.07) is 0.880. The van der Waals surface area contributed by atoms with E-state index in [-0.39, 0.29) is 0 Å². The Balaban J connectivity index is 2.22. The molecule has 0 heterocycles. The minimum absolute atomic E-state index is 0.648. The standard InChI is InChI=1S/C17H34O3S3Si/c1-4-18-24(19-5-2,20-6-3)14-10-13-22-17(21)23-15-16-11-8-7-9-12-16/h16H,4-15H2,1-3H3. The van der Waals surface area contributed by atoms with Gasteiger partial charge < -0.3 is 13.3 Å². The molecule has 0 unspecified atom stereocenters. The summed E-state index contributed by atoms with van der Waals surface area (Å²) in [4.78, 5) is 0. The SMILES string of the molecule is CCO[Si](CCCSC(=S)SCC1CCCCC1)(OCC)OCC. The van der Waals surface area contributed by atoms with Gasteiger partial charge in [-0.15, -0.1) is 23.5 Å². The van der Waals surface area contributed by atoms with E-state index in [2.05, 4.69) is 0 Å². The highest BCUT2D eigenvalue weighted by Crippen LogP contribution is 2.30. The maximum atomic E-state index is 5.89. The van der Waals surface area contributed by atoms with Gasteiger partial charge in [-0.3, -0.25) is 0 Å². The lowest BCUT2D eigenvalue weighted by molar-refractivity contribution is 0.0712. The van der Waals surface area contributed by atoms with Gasteiger partial charge in [0.05, 0.1) is 0 Å². The van der Waals surface area contributed by atoms with E-state index in [0.717, 1.165) is 27.7 Å². The molecule has 3 nitrogen and oxygen atoms in total. The summed E-state index contributed by atoms with van der Waals surface area (Å²) >= 11 is 9.22. The molecule has 0 spiro atoms. The molecule has 0 atom stereocenters. The molecule has 0 N–H and O–H groups in total. The summed E-state index contributed by atoms with van der Waals surface area (Å²) in [6.07, 6.45) is 8.05. The molecule has 24 heavy (non-hydrogen) atoms. The Morgan fingerprint density at radius 2 is 1.54 bits per heavy atom. The predicted molar refractivity (Wildman–Crippen MR) is 114 cm³/mol. The van der Waals surface area contributed by atoms with E-state index >= 15 is 0 Å². The lowest BCUT2D eigenvalue weighted by Gasteiger charge is -2.28. The first-order valence-electron chi connectivity index (χ1n) is 9.37. The zero-order valence-electron chi connectivity index (χ0n) is 15.5. The molecule has 1 rings (SSSR count). The van der Waals surface area contributed by atoms with Crippen molar-refractivity contribution in [2.75, 3.05) is 31.3 Å². The average molecular weight is 411 g/mol. The number of hydrogen-bond acceptors (Lipinski definition) is 6. The van der Waals surface area contributed by atoms with Gasteiger partial charge in [0.1, 0.15) is 3.53 Å². The molecule has 0 aromatic carbocycles. The van der Waals surface area contributed by atoms with Crippen molar-refractivity contribution in [1.82, 2.24) is 0 Å². The molecule has 0 aromatic rings. The molecule has 0 aliphatic heterocycles. The third-order valence-electron chi connectivity index (χ3n) is 4.10. The second kappa shape index (κ2) is 14.0. The Hall–Kier alpha value is 0.887. The first-order valence-corrected chi connectivity index (χ1v) is 13.7. The topological polar surface area (TPSA) is 27.7 Å². The molecule has 1 fully saturated rings. The van der Waals surface area contributed by atoms with E-state index in [0.29, 0.717) is 19.8 Å². The quantitative estimate of drug-likeness (QED) is 0.231. The summed E-state index contributed by atoms with van der Waals surface area (Å²) in [5, 5.41) is 0. The predicted octanol–water partition coefficient (Wildman–Crippen LogP) is 5.76. The summed E-state index contributed by atoms with van der Waals surface area (Å²) in [5.41, 5.74) is 0. The number of rotatable bonds is 12. The van der Waals surface area contributed by atoms with E-state index in [1.165, 1.54) is 37.9 Å². The average Bonchev–Trinajstić information content (AvgIpc) is 2.59. The lowest BCUT2D eigenvalue weighted by Crippen LogP contribution is -2.46. The fraction of sp³-hybridized carbons (Fsp3) is 0.941. The van der Waals surface area contributed by atoms with Crippen molar-refractivity contribution in [3.05, 3.63) is 0 Å². The molecular weight excluding hydrogens is 376 g/mol. The highest BCUT2D eigenvalue weighted by Gasteiger charge is 2.39. The van der Waals surface area contributed by atoms with E-state index in [1.807, 2.05) is 44.3 Å². The Morgan fingerprint density at radius 3 is 2.08 bits per heavy atom. The smallest absolute Gasteiger partial charge is 0.374 e. The maximum Gasteiger partial charge on any atom is 0.500 e. The fourth-order valence-corrected chi connectivity index (χ4v) is 8.30. The molecule has 0 aromatic heterocycles. The van der Waals surface area contributed by atoms with Gasteiger partial charge in [-0.1, -0.05) is 31.5 Å². The second-order valence-corrected chi connectivity index (χ2v) is 12.1. The van der Waals surface area contributed by atoms with Crippen LogP contribution in [0.3, 0.4) is 0 Å². The van der Waals surface area contributed by atoms with Crippen LogP contribution in [0.1, 0.15) is 59.3 Å². The van der Waals surface area contributed by atoms with E-state index in [4.69, 9.17) is 25.5 Å². The normalized spacial score (nSPS) is 16.5. The minimum atomic E-state index is -2.48. The maximum absolute atomic E-state index is 5.89. The van der Waals surface area contributed by atoms with Crippen LogP contribution >= 0.6 is 35.7 Å². The number of thioether (sulfide) groups is 2. The van der Waals surface area contributed by atoms with E-state index < -0.39 is 8.80 Å². The second-order valence-electron chi connectivity index (χ2n) is 6.00. The van der Waals surface area contributed by atoms with Crippen LogP contribution in [0.4, 0.5) is 0 Å². The van der Waals surface area contributed by atoms with Crippen molar-refractivity contribution in [2.24, 2.45) is 5.92 Å². The fourth-order valence-electron chi connectivity index (χ4n) is 3.03. The first kappa shape index (κ1) is 22.9. The Morgan fingerprint density at radius 1 is 0.958 bits per heavy atom. The van der Waals surface area contributed by atoms with Crippen LogP contribution in [0.2, 0.25) is 6.04 Å². The Bertz CT molecular complexity index is 322. The van der Waals surface area contributed by atoms with Crippen LogP contribution in [-0.2, 0) is 13.3 Å². The largest absolute Gasteiger partial charge is 0.500 e. The molecule has 7 heteroatoms. The highest BCUT2D eigenvalue weighted by atomic mass is 32.2. The van der Waals surface area contributed by atoms with Gasteiger partial charge in [-0.25, -0.2) is 0 Å². The van der Waals surface area contributed by atoms with Crippen LogP contribution in [0, 0.1) is 5.92 Å². The lowest BCUT2D eigenvalue weighted by atomic mass is 9.91. The number of hydrogen-bond donors (Lipinski definition) is 0. The van der Waals surface area contributed by atoms with Gasteiger partial charge in [-0.05, 0) is 51.7 Å². The summed E-state index contributed by atoms with van der Waals surface area (Å²) < 4.78 is 18.8. The van der Waals surface area contributed by atoms with Crippen LogP contribution in [-0.4, -0.2) is 43.7 Å². The Kier molecular flexibility index (Phi) is 13.4. The summed E-state index contributed by atoms with van der Waals surface area (Å²) in [6.45, 7) is 7.96. The summed E-state index contributed by atoms with van der Waals surface area (Å²) in [5.74, 6) is 3.12. The van der Waals surface area contributed by atoms with Crippen molar-refractivity contribution >= 4 is 48.1 Å². The third-order valence-corrected chi connectivity index (χ3v) is 10.3. The van der Waals surface area contributed by atoms with Gasteiger partial charge >= 0.3 is 8.80 Å². The minimum Gasteiger partial charge on any atom is -0.374 e. The molecule has 0 amide bonds. The molecular formula is C17H34O3S3Si. The van der Waals surface area contributed by atoms with Crippen molar-refractivity contribution < 1.29 is 13.3 Å². The molecule has 0 bridgehead atoms. The van der Waals surface area contributed by atoms with Crippen LogP contribution < -0.4 is 0 Å². The third kappa shape index (κ3) is 9.55. The van der Waals surface area contributed by atoms with Crippen molar-refractivity contribution in [1.29, 1.82) is 0 Å². The first-order chi connectivity index (χ1) is 11.7. The van der Waals surface area contributed by atoms with Crippen molar-refractivity contribution in [3.8, 4) is 0 Å². The zero-order chi connectivity index (χ0) is 17.7. The summed E-state index contributed by atoms with van der Waals surface area (Å²) in [7, 11) is -2.48. The molecule has 0 saturated heterocycles. The molecule has 142 valence electrons.